The van der Waals surface area contributed by atoms with Crippen LogP contribution in [0, 0.1) is 0 Å². The minimum atomic E-state index is -0.0418. The van der Waals surface area contributed by atoms with Gasteiger partial charge in [0.15, 0.2) is 0 Å². The monoisotopic (exact) mass is 261 g/mol. The quantitative estimate of drug-likeness (QED) is 0.922. The van der Waals surface area contributed by atoms with Crippen LogP contribution in [0.2, 0.25) is 0 Å². The number of ether oxygens (including phenoxy) is 1. The molecule has 5 heteroatoms. The fraction of sp³-hybridized carbons (Fsp3) is 0.385. The van der Waals surface area contributed by atoms with Crippen LogP contribution < -0.4 is 10.5 Å². The summed E-state index contributed by atoms with van der Waals surface area (Å²) >= 11 is 1.35. The lowest BCUT2D eigenvalue weighted by Gasteiger charge is -2.27. The van der Waals surface area contributed by atoms with Gasteiger partial charge in [0.25, 0.3) is 0 Å². The molecule has 2 heterocycles. The van der Waals surface area contributed by atoms with Crippen molar-refractivity contribution < 1.29 is 4.74 Å². The number of nitrogens with two attached hydrogens (primary N) is 1. The molecule has 4 nitrogen and oxygen atoms in total. The van der Waals surface area contributed by atoms with Crippen molar-refractivity contribution in [3.05, 3.63) is 40.9 Å². The van der Waals surface area contributed by atoms with Gasteiger partial charge >= 0.3 is 0 Å². The van der Waals surface area contributed by atoms with Crippen LogP contribution in [-0.4, -0.2) is 16.2 Å². The number of rotatable bonds is 3. The Hall–Kier alpha value is -1.46. The Kier molecular flexibility index (Phi) is 3.25. The summed E-state index contributed by atoms with van der Waals surface area (Å²) in [5.74, 6) is 1.45. The Morgan fingerprint density at radius 1 is 1.44 bits per heavy atom. The van der Waals surface area contributed by atoms with E-state index >= 15 is 0 Å². The molecule has 18 heavy (non-hydrogen) atoms. The molecular formula is C13H15N3OS. The van der Waals surface area contributed by atoms with E-state index in [2.05, 4.69) is 21.7 Å². The summed E-state index contributed by atoms with van der Waals surface area (Å²) in [6, 6.07) is 8.17. The molecule has 2 aromatic rings. The van der Waals surface area contributed by atoms with Crippen molar-refractivity contribution >= 4 is 11.5 Å². The maximum Gasteiger partial charge on any atom is 0.122 e. The van der Waals surface area contributed by atoms with Crippen molar-refractivity contribution in [2.45, 2.75) is 24.8 Å². The van der Waals surface area contributed by atoms with E-state index < -0.39 is 0 Å². The summed E-state index contributed by atoms with van der Waals surface area (Å²) in [6.07, 6.45) is 1.91. The fourth-order valence-corrected chi connectivity index (χ4v) is 2.94. The molecule has 0 radical (unpaired) electrons. The van der Waals surface area contributed by atoms with Crippen LogP contribution in [0.15, 0.2) is 29.6 Å². The summed E-state index contributed by atoms with van der Waals surface area (Å²) < 4.78 is 9.53. The van der Waals surface area contributed by atoms with Crippen LogP contribution in [0.1, 0.15) is 36.1 Å². The second kappa shape index (κ2) is 5.04. The maximum absolute atomic E-state index is 6.19. The minimum absolute atomic E-state index is 0.0418. The lowest BCUT2D eigenvalue weighted by Crippen LogP contribution is -2.20. The summed E-state index contributed by atoms with van der Waals surface area (Å²) in [5.41, 5.74) is 8.35. The van der Waals surface area contributed by atoms with Gasteiger partial charge in [0.1, 0.15) is 5.75 Å². The molecule has 2 unspecified atom stereocenters. The van der Waals surface area contributed by atoms with Gasteiger partial charge in [-0.1, -0.05) is 22.7 Å². The van der Waals surface area contributed by atoms with E-state index in [0.717, 1.165) is 30.9 Å². The van der Waals surface area contributed by atoms with Crippen molar-refractivity contribution in [3.8, 4) is 5.75 Å². The first-order valence-corrected chi connectivity index (χ1v) is 6.92. The molecule has 0 spiro atoms. The standard InChI is InChI=1S/C13H15N3OS/c14-11(12-8-18-16-15-12)7-9-5-6-17-13-4-2-1-3-10(9)13/h1-4,8-9,11H,5-7,14H2. The predicted molar refractivity (Wildman–Crippen MR) is 70.7 cm³/mol. The van der Waals surface area contributed by atoms with Gasteiger partial charge in [-0.15, -0.1) is 5.10 Å². The van der Waals surface area contributed by atoms with Crippen LogP contribution in [0.5, 0.6) is 5.75 Å². The zero-order chi connectivity index (χ0) is 12.4. The molecule has 0 amide bonds. The van der Waals surface area contributed by atoms with Gasteiger partial charge in [0.05, 0.1) is 18.3 Å². The highest BCUT2D eigenvalue weighted by Crippen LogP contribution is 2.37. The number of para-hydroxylation sites is 1. The first-order chi connectivity index (χ1) is 8.84. The molecule has 0 aliphatic carbocycles. The minimum Gasteiger partial charge on any atom is -0.493 e. The van der Waals surface area contributed by atoms with Crippen LogP contribution in [0.25, 0.3) is 0 Å². The molecule has 2 N–H and O–H groups in total. The molecule has 0 saturated heterocycles. The molecule has 94 valence electrons. The van der Waals surface area contributed by atoms with Gasteiger partial charge in [-0.25, -0.2) is 0 Å². The summed E-state index contributed by atoms with van der Waals surface area (Å²) in [4.78, 5) is 0. The SMILES string of the molecule is NC(CC1CCOc2ccccc21)c1csnn1. The molecule has 1 aliphatic heterocycles. The Labute approximate surface area is 110 Å². The second-order valence-electron chi connectivity index (χ2n) is 4.54. The van der Waals surface area contributed by atoms with Gasteiger partial charge < -0.3 is 10.5 Å². The molecule has 0 bridgehead atoms. The third-order valence-electron chi connectivity index (χ3n) is 3.38. The van der Waals surface area contributed by atoms with E-state index in [4.69, 9.17) is 10.5 Å². The molecular weight excluding hydrogens is 246 g/mol. The predicted octanol–water partition coefficient (Wildman–Crippen LogP) is 2.49. The molecule has 1 aliphatic rings. The van der Waals surface area contributed by atoms with Crippen molar-refractivity contribution in [1.29, 1.82) is 0 Å². The third-order valence-corrected chi connectivity index (χ3v) is 3.90. The third kappa shape index (κ3) is 2.23. The van der Waals surface area contributed by atoms with Crippen molar-refractivity contribution in [2.24, 2.45) is 5.73 Å². The second-order valence-corrected chi connectivity index (χ2v) is 5.15. The Balaban J connectivity index is 1.78. The van der Waals surface area contributed by atoms with Gasteiger partial charge in [-0.05, 0) is 41.9 Å². The van der Waals surface area contributed by atoms with E-state index in [0.29, 0.717) is 5.92 Å². The highest BCUT2D eigenvalue weighted by molar-refractivity contribution is 7.03. The van der Waals surface area contributed by atoms with Crippen LogP contribution in [0.4, 0.5) is 0 Å². The fourth-order valence-electron chi connectivity index (χ4n) is 2.42. The number of hydrogen-bond donors (Lipinski definition) is 1. The highest BCUT2D eigenvalue weighted by atomic mass is 32.1. The average Bonchev–Trinajstić information content (AvgIpc) is 2.93. The van der Waals surface area contributed by atoms with E-state index in [1.54, 1.807) is 0 Å². The summed E-state index contributed by atoms with van der Waals surface area (Å²) in [6.45, 7) is 0.768. The molecule has 3 rings (SSSR count). The van der Waals surface area contributed by atoms with Crippen LogP contribution >= 0.6 is 11.5 Å². The number of aromatic nitrogens is 2. The zero-order valence-corrected chi connectivity index (χ0v) is 10.8. The highest BCUT2D eigenvalue weighted by Gasteiger charge is 2.24. The molecule has 0 fully saturated rings. The largest absolute Gasteiger partial charge is 0.493 e. The molecule has 0 saturated carbocycles. The van der Waals surface area contributed by atoms with Crippen LogP contribution in [0.3, 0.4) is 0 Å². The Bertz CT molecular complexity index is 515. The molecule has 2 atom stereocenters. The topological polar surface area (TPSA) is 61.0 Å². The smallest absolute Gasteiger partial charge is 0.122 e. The van der Waals surface area contributed by atoms with Gasteiger partial charge in [0.2, 0.25) is 0 Å². The normalized spacial score (nSPS) is 19.9. The van der Waals surface area contributed by atoms with E-state index in [9.17, 15) is 0 Å². The zero-order valence-electron chi connectivity index (χ0n) is 9.95. The maximum atomic E-state index is 6.19. The molecule has 1 aromatic carbocycles. The lowest BCUT2D eigenvalue weighted by atomic mass is 9.87. The number of fused-ring (bicyclic) bond motifs is 1. The summed E-state index contributed by atoms with van der Waals surface area (Å²) in [5, 5.41) is 5.98. The van der Waals surface area contributed by atoms with Crippen molar-refractivity contribution in [1.82, 2.24) is 9.59 Å². The van der Waals surface area contributed by atoms with Crippen molar-refractivity contribution in [3.63, 3.8) is 0 Å². The first-order valence-electron chi connectivity index (χ1n) is 6.09. The number of benzene rings is 1. The van der Waals surface area contributed by atoms with E-state index in [1.165, 1.54) is 17.1 Å². The lowest BCUT2D eigenvalue weighted by molar-refractivity contribution is 0.259. The van der Waals surface area contributed by atoms with Gasteiger partial charge in [-0.3, -0.25) is 0 Å². The number of hydrogen-bond acceptors (Lipinski definition) is 5. The Morgan fingerprint density at radius 2 is 2.33 bits per heavy atom. The van der Waals surface area contributed by atoms with Crippen molar-refractivity contribution in [2.75, 3.05) is 6.61 Å². The Morgan fingerprint density at radius 3 is 3.17 bits per heavy atom. The van der Waals surface area contributed by atoms with Gasteiger partial charge in [0, 0.05) is 5.38 Å². The molecule has 1 aromatic heterocycles. The number of nitrogens with zero attached hydrogens (tertiary/aromatic N) is 2. The van der Waals surface area contributed by atoms with Crippen LogP contribution in [-0.2, 0) is 0 Å². The van der Waals surface area contributed by atoms with Gasteiger partial charge in [-0.2, -0.15) is 0 Å². The van der Waals surface area contributed by atoms with E-state index in [1.807, 2.05) is 17.5 Å². The average molecular weight is 261 g/mol. The van der Waals surface area contributed by atoms with E-state index in [-0.39, 0.29) is 6.04 Å². The summed E-state index contributed by atoms with van der Waals surface area (Å²) in [7, 11) is 0. The first kappa shape index (κ1) is 11.6.